The van der Waals surface area contributed by atoms with Crippen molar-refractivity contribution in [1.82, 2.24) is 19.5 Å². The van der Waals surface area contributed by atoms with Crippen molar-refractivity contribution in [1.29, 1.82) is 5.41 Å². The minimum absolute atomic E-state index is 0.324. The summed E-state index contributed by atoms with van der Waals surface area (Å²) in [6, 6.07) is 14.5. The summed E-state index contributed by atoms with van der Waals surface area (Å²) in [6.07, 6.45) is 1.10. The molecule has 0 bridgehead atoms. The summed E-state index contributed by atoms with van der Waals surface area (Å²) in [4.78, 5) is 24.6. The first kappa shape index (κ1) is 18.4. The molecule has 4 aromatic rings. The van der Waals surface area contributed by atoms with E-state index in [1.54, 1.807) is 19.2 Å². The zero-order chi connectivity index (χ0) is 20.4. The van der Waals surface area contributed by atoms with E-state index >= 15 is 0 Å². The van der Waals surface area contributed by atoms with E-state index < -0.39 is 0 Å². The number of rotatable bonds is 6. The average molecular weight is 389 g/mol. The van der Waals surface area contributed by atoms with Crippen molar-refractivity contribution >= 4 is 17.4 Å². The van der Waals surface area contributed by atoms with Crippen LogP contribution in [0.2, 0.25) is 0 Å². The Morgan fingerprint density at radius 3 is 2.59 bits per heavy atom. The Bertz CT molecular complexity index is 1240. The van der Waals surface area contributed by atoms with E-state index in [0.29, 0.717) is 40.7 Å². The molecule has 2 heterocycles. The lowest BCUT2D eigenvalue weighted by Crippen LogP contribution is -2.15. The molecule has 0 saturated carbocycles. The van der Waals surface area contributed by atoms with Crippen LogP contribution >= 0.6 is 0 Å². The number of fused-ring (bicyclic) bond motifs is 1. The zero-order valence-electron chi connectivity index (χ0n) is 16.0. The van der Waals surface area contributed by atoms with Crippen LogP contribution in [-0.2, 0) is 0 Å². The van der Waals surface area contributed by atoms with Crippen molar-refractivity contribution < 1.29 is 9.47 Å². The van der Waals surface area contributed by atoms with Gasteiger partial charge in [0.1, 0.15) is 22.7 Å². The van der Waals surface area contributed by atoms with Crippen molar-refractivity contribution in [2.45, 2.75) is 6.92 Å². The second kappa shape index (κ2) is 7.59. The van der Waals surface area contributed by atoms with Crippen molar-refractivity contribution in [2.24, 2.45) is 0 Å². The first-order valence-electron chi connectivity index (χ1n) is 9.06. The molecule has 0 aliphatic heterocycles. The molecule has 0 saturated heterocycles. The predicted molar refractivity (Wildman–Crippen MR) is 111 cm³/mol. The van der Waals surface area contributed by atoms with Gasteiger partial charge in [0.05, 0.1) is 19.4 Å². The summed E-state index contributed by atoms with van der Waals surface area (Å²) in [7, 11) is 1.54. The maximum atomic E-state index is 12.7. The van der Waals surface area contributed by atoms with E-state index in [2.05, 4.69) is 15.0 Å². The van der Waals surface area contributed by atoms with Gasteiger partial charge in [-0.2, -0.15) is 0 Å². The fourth-order valence-corrected chi connectivity index (χ4v) is 3.14. The first-order valence-corrected chi connectivity index (χ1v) is 9.06. The number of hydrogen-bond donors (Lipinski definition) is 2. The molecule has 0 aliphatic carbocycles. The number of para-hydroxylation sites is 2. The quantitative estimate of drug-likeness (QED) is 0.493. The van der Waals surface area contributed by atoms with Crippen LogP contribution < -0.4 is 15.2 Å². The fourth-order valence-electron chi connectivity index (χ4n) is 3.14. The Hall–Kier alpha value is -3.94. The molecule has 2 aromatic carbocycles. The molecule has 0 unspecified atom stereocenters. The van der Waals surface area contributed by atoms with Crippen LogP contribution in [-0.4, -0.2) is 39.5 Å². The van der Waals surface area contributed by atoms with Gasteiger partial charge >= 0.3 is 5.69 Å². The van der Waals surface area contributed by atoms with Crippen molar-refractivity contribution in [3.05, 3.63) is 64.7 Å². The van der Waals surface area contributed by atoms with Gasteiger partial charge in [-0.05, 0) is 43.3 Å². The Kier molecular flexibility index (Phi) is 4.82. The van der Waals surface area contributed by atoms with E-state index in [4.69, 9.17) is 14.9 Å². The Morgan fingerprint density at radius 2 is 1.90 bits per heavy atom. The zero-order valence-corrected chi connectivity index (χ0v) is 16.0. The maximum Gasteiger partial charge on any atom is 0.332 e. The Morgan fingerprint density at radius 1 is 1.14 bits per heavy atom. The van der Waals surface area contributed by atoms with E-state index in [0.717, 1.165) is 17.5 Å². The van der Waals surface area contributed by atoms with Crippen molar-refractivity contribution in [2.75, 3.05) is 13.7 Å². The highest BCUT2D eigenvalue weighted by atomic mass is 16.5. The number of ether oxygens (including phenoxy) is 2. The van der Waals surface area contributed by atoms with Gasteiger partial charge in [-0.1, -0.05) is 12.1 Å². The summed E-state index contributed by atoms with van der Waals surface area (Å²) >= 11 is 0. The van der Waals surface area contributed by atoms with E-state index in [1.165, 1.54) is 4.57 Å². The van der Waals surface area contributed by atoms with Gasteiger partial charge in [-0.25, -0.2) is 19.3 Å². The monoisotopic (exact) mass is 389 g/mol. The minimum atomic E-state index is -0.384. The lowest BCUT2D eigenvalue weighted by molar-refractivity contribution is 0.340. The number of H-pyrrole nitrogens is 1. The molecule has 8 heteroatoms. The molecular formula is C21H19N5O3. The molecule has 29 heavy (non-hydrogen) atoms. The molecule has 0 aliphatic rings. The highest BCUT2D eigenvalue weighted by Gasteiger charge is 2.18. The molecule has 0 fully saturated rings. The first-order chi connectivity index (χ1) is 14.2. The molecule has 146 valence electrons. The summed E-state index contributed by atoms with van der Waals surface area (Å²) in [5, 5.41) is 7.75. The lowest BCUT2D eigenvalue weighted by atomic mass is 10.2. The number of nitrogens with one attached hydrogen (secondary N) is 2. The third-order valence-electron chi connectivity index (χ3n) is 4.45. The molecule has 0 atom stereocenters. The number of methoxy groups -OCH3 is 1. The van der Waals surface area contributed by atoms with Crippen LogP contribution in [0.25, 0.3) is 28.2 Å². The van der Waals surface area contributed by atoms with Gasteiger partial charge in [-0.3, -0.25) is 0 Å². The van der Waals surface area contributed by atoms with Crippen molar-refractivity contribution in [3.8, 4) is 28.6 Å². The molecule has 0 radical (unpaired) electrons. The molecule has 4 rings (SSSR count). The summed E-state index contributed by atoms with van der Waals surface area (Å²) in [6.45, 7) is 2.50. The smallest absolute Gasteiger partial charge is 0.332 e. The molecular weight excluding hydrogens is 370 g/mol. The average Bonchev–Trinajstić information content (AvgIpc) is 3.09. The number of aromatic nitrogens is 4. The number of nitrogens with zero attached hydrogens (tertiary/aromatic N) is 3. The van der Waals surface area contributed by atoms with E-state index in [-0.39, 0.29) is 5.69 Å². The maximum absolute atomic E-state index is 12.7. The van der Waals surface area contributed by atoms with E-state index in [1.807, 2.05) is 43.3 Å². The molecule has 2 aromatic heterocycles. The largest absolute Gasteiger partial charge is 0.495 e. The SMILES string of the molecule is CCOc1ccc(-c2nc(C=N)c3[nH]c(=O)n(-c4ccccc4OC)c3n2)cc1. The van der Waals surface area contributed by atoms with Gasteiger partial charge < -0.3 is 19.9 Å². The van der Waals surface area contributed by atoms with Gasteiger partial charge in [0, 0.05) is 11.8 Å². The van der Waals surface area contributed by atoms with E-state index in [9.17, 15) is 4.79 Å². The standard InChI is InChI=1S/C21H19N5O3/c1-3-29-14-10-8-13(9-11-14)19-23-15(12-22)18-20(25-19)26(21(27)24-18)16-6-4-5-7-17(16)28-2/h4-12,22H,3H2,1-2H3,(H,24,27). The van der Waals surface area contributed by atoms with Crippen LogP contribution in [0.1, 0.15) is 12.6 Å². The van der Waals surface area contributed by atoms with Crippen molar-refractivity contribution in [3.63, 3.8) is 0 Å². The van der Waals surface area contributed by atoms with Crippen LogP contribution in [0.4, 0.5) is 0 Å². The highest BCUT2D eigenvalue weighted by molar-refractivity contribution is 5.93. The van der Waals surface area contributed by atoms with Crippen LogP contribution in [0, 0.1) is 5.41 Å². The number of hydrogen-bond acceptors (Lipinski definition) is 6. The summed E-state index contributed by atoms with van der Waals surface area (Å²) < 4.78 is 12.3. The normalized spacial score (nSPS) is 10.8. The second-order valence-corrected chi connectivity index (χ2v) is 6.17. The molecule has 8 nitrogen and oxygen atoms in total. The van der Waals surface area contributed by atoms with Gasteiger partial charge in [0.15, 0.2) is 11.5 Å². The minimum Gasteiger partial charge on any atom is -0.495 e. The van der Waals surface area contributed by atoms with Gasteiger partial charge in [-0.15, -0.1) is 0 Å². The Labute approximate surface area is 166 Å². The van der Waals surface area contributed by atoms with Crippen LogP contribution in [0.15, 0.2) is 53.3 Å². The van der Waals surface area contributed by atoms with Gasteiger partial charge in [0.25, 0.3) is 0 Å². The number of benzene rings is 2. The highest BCUT2D eigenvalue weighted by Crippen LogP contribution is 2.26. The number of aromatic amines is 1. The summed E-state index contributed by atoms with van der Waals surface area (Å²) in [5.41, 5.74) is 2.01. The van der Waals surface area contributed by atoms with Crippen LogP contribution in [0.3, 0.4) is 0 Å². The van der Waals surface area contributed by atoms with Crippen LogP contribution in [0.5, 0.6) is 11.5 Å². The Balaban J connectivity index is 1.95. The van der Waals surface area contributed by atoms with Gasteiger partial charge in [0.2, 0.25) is 0 Å². The fraction of sp³-hybridized carbons (Fsp3) is 0.143. The summed E-state index contributed by atoms with van der Waals surface area (Å²) in [5.74, 6) is 1.69. The molecule has 2 N–H and O–H groups in total. The second-order valence-electron chi connectivity index (χ2n) is 6.17. The molecule has 0 spiro atoms. The predicted octanol–water partition coefficient (Wildman–Crippen LogP) is 3.18. The lowest BCUT2D eigenvalue weighted by Gasteiger charge is -2.10. The third kappa shape index (κ3) is 3.25. The third-order valence-corrected chi connectivity index (χ3v) is 4.45. The topological polar surface area (TPSA) is 106 Å². The molecule has 0 amide bonds. The number of imidazole rings is 1.